The second-order valence-electron chi connectivity index (χ2n) is 9.97. The number of anilines is 1. The number of likely N-dealkylation sites (tertiary alicyclic amines) is 1. The number of carbonyl (C=O) groups excluding carboxylic acids is 1. The molecule has 4 nitrogen and oxygen atoms in total. The van der Waals surface area contributed by atoms with Crippen LogP contribution in [0.2, 0.25) is 0 Å². The van der Waals surface area contributed by atoms with Gasteiger partial charge in [-0.3, -0.25) is 9.69 Å². The van der Waals surface area contributed by atoms with Gasteiger partial charge in [0.2, 0.25) is 5.91 Å². The lowest BCUT2D eigenvalue weighted by Gasteiger charge is -2.39. The molecule has 3 aliphatic rings. The molecule has 1 amide bonds. The number of piperazine rings is 1. The van der Waals surface area contributed by atoms with E-state index in [4.69, 9.17) is 0 Å². The number of halogens is 1. The van der Waals surface area contributed by atoms with Crippen molar-refractivity contribution in [2.75, 3.05) is 44.2 Å². The highest BCUT2D eigenvalue weighted by molar-refractivity contribution is 5.79. The maximum Gasteiger partial charge on any atom is 0.237 e. The van der Waals surface area contributed by atoms with E-state index in [1.54, 1.807) is 0 Å². The zero-order valence-corrected chi connectivity index (χ0v) is 16.9. The van der Waals surface area contributed by atoms with Crippen LogP contribution in [0.25, 0.3) is 0 Å². The van der Waals surface area contributed by atoms with Crippen LogP contribution in [0.3, 0.4) is 0 Å². The molecule has 2 aliphatic heterocycles. The van der Waals surface area contributed by atoms with Crippen molar-refractivity contribution in [3.63, 3.8) is 0 Å². The van der Waals surface area contributed by atoms with Crippen molar-refractivity contribution in [2.24, 2.45) is 10.8 Å². The van der Waals surface area contributed by atoms with Crippen LogP contribution >= 0.6 is 0 Å². The van der Waals surface area contributed by atoms with Crippen LogP contribution in [0.4, 0.5) is 10.1 Å². The molecule has 1 aromatic carbocycles. The average Bonchev–Trinajstić information content (AvgIpc) is 2.85. The van der Waals surface area contributed by atoms with E-state index < -0.39 is 0 Å². The van der Waals surface area contributed by atoms with Gasteiger partial charge in [-0.15, -0.1) is 0 Å². The molecule has 2 bridgehead atoms. The van der Waals surface area contributed by atoms with Crippen molar-refractivity contribution in [3.8, 4) is 0 Å². The highest BCUT2D eigenvalue weighted by Gasteiger charge is 2.50. The molecule has 1 aromatic rings. The number of fused-ring (bicyclic) bond motifs is 2. The third kappa shape index (κ3) is 3.98. The Hall–Kier alpha value is -1.62. The van der Waals surface area contributed by atoms with Gasteiger partial charge in [0.05, 0.1) is 6.54 Å². The van der Waals surface area contributed by atoms with Gasteiger partial charge in [0, 0.05) is 44.5 Å². The lowest BCUT2D eigenvalue weighted by molar-refractivity contribution is -0.133. The minimum Gasteiger partial charge on any atom is -0.369 e. The second-order valence-corrected chi connectivity index (χ2v) is 9.97. The molecule has 0 aromatic heterocycles. The van der Waals surface area contributed by atoms with E-state index in [1.165, 1.54) is 25.0 Å². The largest absolute Gasteiger partial charge is 0.369 e. The van der Waals surface area contributed by atoms with Gasteiger partial charge in [-0.1, -0.05) is 20.8 Å². The molecule has 27 heavy (non-hydrogen) atoms. The van der Waals surface area contributed by atoms with Crippen molar-refractivity contribution in [1.82, 2.24) is 9.80 Å². The van der Waals surface area contributed by atoms with Gasteiger partial charge >= 0.3 is 0 Å². The van der Waals surface area contributed by atoms with E-state index in [0.717, 1.165) is 44.8 Å². The fourth-order valence-corrected chi connectivity index (χ4v) is 5.85. The van der Waals surface area contributed by atoms with E-state index >= 15 is 0 Å². The number of hydrogen-bond acceptors (Lipinski definition) is 3. The minimum atomic E-state index is -0.198. The van der Waals surface area contributed by atoms with E-state index in [0.29, 0.717) is 29.3 Å². The standard InChI is InChI=1S/C22H32FN3O/c1-21(2)12-19-13-22(3,15-21)16-26(19)20(27)14-24-8-10-25(11-9-24)18-6-4-17(23)5-7-18/h4-7,19H,8-16H2,1-3H3. The summed E-state index contributed by atoms with van der Waals surface area (Å²) < 4.78 is 13.1. The average molecular weight is 374 g/mol. The van der Waals surface area contributed by atoms with Gasteiger partial charge < -0.3 is 9.80 Å². The van der Waals surface area contributed by atoms with E-state index in [2.05, 4.69) is 35.5 Å². The van der Waals surface area contributed by atoms with Crippen molar-refractivity contribution in [2.45, 2.75) is 46.1 Å². The number of rotatable bonds is 3. The van der Waals surface area contributed by atoms with Crippen molar-refractivity contribution in [3.05, 3.63) is 30.1 Å². The first-order chi connectivity index (χ1) is 12.7. The number of benzene rings is 1. The van der Waals surface area contributed by atoms with Gasteiger partial charge in [0.1, 0.15) is 5.82 Å². The summed E-state index contributed by atoms with van der Waals surface area (Å²) in [4.78, 5) is 19.8. The quantitative estimate of drug-likeness (QED) is 0.813. The molecule has 2 heterocycles. The molecule has 148 valence electrons. The predicted molar refractivity (Wildman–Crippen MR) is 106 cm³/mol. The summed E-state index contributed by atoms with van der Waals surface area (Å²) in [5.74, 6) is 0.104. The van der Waals surface area contributed by atoms with E-state index in [-0.39, 0.29) is 5.82 Å². The molecule has 2 saturated heterocycles. The molecular weight excluding hydrogens is 341 g/mol. The molecule has 0 spiro atoms. The molecule has 0 N–H and O–H groups in total. The van der Waals surface area contributed by atoms with E-state index in [9.17, 15) is 9.18 Å². The van der Waals surface area contributed by atoms with Crippen molar-refractivity contribution < 1.29 is 9.18 Å². The first kappa shape index (κ1) is 18.7. The zero-order chi connectivity index (χ0) is 19.2. The predicted octanol–water partition coefficient (Wildman–Crippen LogP) is 3.37. The Morgan fingerprint density at radius 2 is 1.74 bits per heavy atom. The van der Waals surface area contributed by atoms with Crippen molar-refractivity contribution in [1.29, 1.82) is 0 Å². The monoisotopic (exact) mass is 373 g/mol. The molecule has 4 rings (SSSR count). The molecule has 5 heteroatoms. The van der Waals surface area contributed by atoms with Gasteiger partial charge in [-0.2, -0.15) is 0 Å². The highest BCUT2D eigenvalue weighted by Crippen LogP contribution is 2.52. The lowest BCUT2D eigenvalue weighted by atomic mass is 9.65. The number of carbonyl (C=O) groups is 1. The van der Waals surface area contributed by atoms with Crippen LogP contribution in [0.5, 0.6) is 0 Å². The highest BCUT2D eigenvalue weighted by atomic mass is 19.1. The second kappa shape index (κ2) is 6.77. The summed E-state index contributed by atoms with van der Waals surface area (Å²) in [5.41, 5.74) is 1.70. The first-order valence-corrected chi connectivity index (χ1v) is 10.3. The Balaban J connectivity index is 1.32. The maximum atomic E-state index is 13.1. The molecule has 1 saturated carbocycles. The summed E-state index contributed by atoms with van der Waals surface area (Å²) in [5, 5.41) is 0. The minimum absolute atomic E-state index is 0.198. The summed E-state index contributed by atoms with van der Waals surface area (Å²) in [7, 11) is 0. The molecule has 1 aliphatic carbocycles. The van der Waals surface area contributed by atoms with Gasteiger partial charge in [-0.05, 0) is 54.4 Å². The van der Waals surface area contributed by atoms with Crippen molar-refractivity contribution >= 4 is 11.6 Å². The lowest BCUT2D eigenvalue weighted by Crippen LogP contribution is -2.51. The maximum absolute atomic E-state index is 13.1. The van der Waals surface area contributed by atoms with Crippen LogP contribution in [-0.2, 0) is 4.79 Å². The SMILES string of the molecule is CC1(C)CC2CC(C)(CN2C(=O)CN2CCN(c3ccc(F)cc3)CC2)C1. The van der Waals surface area contributed by atoms with Gasteiger partial charge in [0.25, 0.3) is 0 Å². The van der Waals surface area contributed by atoms with Crippen LogP contribution < -0.4 is 4.90 Å². The molecule has 0 radical (unpaired) electrons. The molecular formula is C22H32FN3O. The van der Waals surface area contributed by atoms with Gasteiger partial charge in [0.15, 0.2) is 0 Å². The summed E-state index contributed by atoms with van der Waals surface area (Å²) in [6.45, 7) is 12.0. The molecule has 2 atom stereocenters. The number of amides is 1. The first-order valence-electron chi connectivity index (χ1n) is 10.3. The summed E-state index contributed by atoms with van der Waals surface area (Å²) in [6, 6.07) is 7.12. The van der Waals surface area contributed by atoms with Crippen LogP contribution in [0, 0.1) is 16.6 Å². The molecule has 3 fully saturated rings. The Kier molecular flexibility index (Phi) is 4.69. The van der Waals surface area contributed by atoms with Crippen LogP contribution in [0.1, 0.15) is 40.0 Å². The normalized spacial score (nSPS) is 30.6. The van der Waals surface area contributed by atoms with Crippen LogP contribution in [-0.4, -0.2) is 61.0 Å². The smallest absolute Gasteiger partial charge is 0.237 e. The summed E-state index contributed by atoms with van der Waals surface area (Å²) >= 11 is 0. The number of hydrogen-bond donors (Lipinski definition) is 0. The summed E-state index contributed by atoms with van der Waals surface area (Å²) in [6.07, 6.45) is 3.52. The Morgan fingerprint density at radius 1 is 1.07 bits per heavy atom. The van der Waals surface area contributed by atoms with Gasteiger partial charge in [-0.25, -0.2) is 4.39 Å². The van der Waals surface area contributed by atoms with Crippen LogP contribution in [0.15, 0.2) is 24.3 Å². The van der Waals surface area contributed by atoms with E-state index in [1.807, 2.05) is 12.1 Å². The Bertz CT molecular complexity index is 696. The number of nitrogens with zero attached hydrogens (tertiary/aromatic N) is 3. The Labute approximate surface area is 162 Å². The third-order valence-electron chi connectivity index (χ3n) is 6.66. The zero-order valence-electron chi connectivity index (χ0n) is 16.9. The Morgan fingerprint density at radius 3 is 2.41 bits per heavy atom. The topological polar surface area (TPSA) is 26.8 Å². The fourth-order valence-electron chi connectivity index (χ4n) is 5.85. The molecule has 2 unspecified atom stereocenters. The fraction of sp³-hybridized carbons (Fsp3) is 0.682. The third-order valence-corrected chi connectivity index (χ3v) is 6.66.